The quantitative estimate of drug-likeness (QED) is 0.794. The number of rotatable bonds is 2. The fourth-order valence-corrected chi connectivity index (χ4v) is 3.55. The van der Waals surface area contributed by atoms with Crippen LogP contribution in [0.2, 0.25) is 0 Å². The molecule has 0 aliphatic heterocycles. The van der Waals surface area contributed by atoms with Crippen molar-refractivity contribution < 1.29 is 4.79 Å². The average molecular weight is 259 g/mol. The molecule has 0 spiro atoms. The average Bonchev–Trinajstić information content (AvgIpc) is 2.32. The van der Waals surface area contributed by atoms with Gasteiger partial charge in [0.05, 0.1) is 9.20 Å². The second-order valence-electron chi connectivity index (χ2n) is 3.60. The highest BCUT2D eigenvalue weighted by molar-refractivity contribution is 9.11. The summed E-state index contributed by atoms with van der Waals surface area (Å²) in [6.07, 6.45) is 3.26. The van der Waals surface area contributed by atoms with E-state index in [1.807, 2.05) is 6.07 Å². The Morgan fingerprint density at radius 2 is 2.23 bits per heavy atom. The lowest BCUT2D eigenvalue weighted by atomic mass is 9.65. The highest BCUT2D eigenvalue weighted by Gasteiger charge is 2.43. The molecule has 0 radical (unpaired) electrons. The van der Waals surface area contributed by atoms with Crippen molar-refractivity contribution in [1.29, 1.82) is 0 Å². The summed E-state index contributed by atoms with van der Waals surface area (Å²) >= 11 is 5.13. The van der Waals surface area contributed by atoms with Gasteiger partial charge in [0.25, 0.3) is 0 Å². The van der Waals surface area contributed by atoms with E-state index in [2.05, 4.69) is 22.0 Å². The van der Waals surface area contributed by atoms with Gasteiger partial charge in [-0.1, -0.05) is 6.42 Å². The number of Topliss-reactive ketones (excluding diaryl/α,β-unsaturated/α-hetero) is 1. The van der Waals surface area contributed by atoms with E-state index < -0.39 is 0 Å². The Morgan fingerprint density at radius 3 is 2.54 bits per heavy atom. The zero-order chi connectivity index (χ0) is 9.47. The Labute approximate surface area is 90.3 Å². The fraction of sp³-hybridized carbons (Fsp3) is 0.500. The van der Waals surface area contributed by atoms with Crippen molar-refractivity contribution >= 4 is 33.0 Å². The molecule has 1 nitrogen and oxygen atoms in total. The van der Waals surface area contributed by atoms with E-state index in [9.17, 15) is 4.79 Å². The number of carbonyl (C=O) groups is 1. The zero-order valence-electron chi connectivity index (χ0n) is 7.47. The van der Waals surface area contributed by atoms with Crippen LogP contribution in [0.1, 0.15) is 31.1 Å². The number of thiophene rings is 1. The van der Waals surface area contributed by atoms with Crippen LogP contribution in [0.4, 0.5) is 0 Å². The molecular weight excluding hydrogens is 248 g/mol. The third-order valence-corrected chi connectivity index (χ3v) is 4.75. The van der Waals surface area contributed by atoms with Crippen LogP contribution in [0.5, 0.6) is 0 Å². The smallest absolute Gasteiger partial charge is 0.141 e. The third-order valence-electron chi connectivity index (χ3n) is 2.93. The molecule has 0 atom stereocenters. The third kappa shape index (κ3) is 1.38. The van der Waals surface area contributed by atoms with Gasteiger partial charge in [0.2, 0.25) is 0 Å². The van der Waals surface area contributed by atoms with Crippen molar-refractivity contribution in [3.05, 3.63) is 20.8 Å². The van der Waals surface area contributed by atoms with Crippen molar-refractivity contribution in [2.45, 2.75) is 31.6 Å². The highest BCUT2D eigenvalue weighted by Crippen LogP contribution is 2.47. The molecule has 1 aromatic rings. The van der Waals surface area contributed by atoms with Gasteiger partial charge < -0.3 is 0 Å². The Morgan fingerprint density at radius 1 is 1.54 bits per heavy atom. The number of halogens is 1. The standard InChI is InChI=1S/C10H11BrOS/c1-7(12)10(5-2-6-10)8-3-4-9(11)13-8/h3-4H,2,5-6H2,1H3. The van der Waals surface area contributed by atoms with Gasteiger partial charge in [-0.3, -0.25) is 4.79 Å². The SMILES string of the molecule is CC(=O)C1(c2ccc(Br)s2)CCC1. The molecule has 1 fully saturated rings. The molecule has 13 heavy (non-hydrogen) atoms. The molecule has 2 rings (SSSR count). The molecule has 0 N–H and O–H groups in total. The summed E-state index contributed by atoms with van der Waals surface area (Å²) in [7, 11) is 0. The minimum Gasteiger partial charge on any atom is -0.299 e. The van der Waals surface area contributed by atoms with Gasteiger partial charge in [-0.25, -0.2) is 0 Å². The summed E-state index contributed by atoms with van der Waals surface area (Å²) in [5.41, 5.74) is -0.114. The summed E-state index contributed by atoms with van der Waals surface area (Å²) in [4.78, 5) is 12.8. The molecule has 0 saturated heterocycles. The number of ketones is 1. The first kappa shape index (κ1) is 9.41. The minimum absolute atomic E-state index is 0.114. The topological polar surface area (TPSA) is 17.1 Å². The number of hydrogen-bond donors (Lipinski definition) is 0. The molecule has 0 amide bonds. The van der Waals surface area contributed by atoms with Crippen LogP contribution in [0.25, 0.3) is 0 Å². The van der Waals surface area contributed by atoms with Gasteiger partial charge in [0.15, 0.2) is 0 Å². The monoisotopic (exact) mass is 258 g/mol. The van der Waals surface area contributed by atoms with Crippen LogP contribution in [-0.2, 0) is 10.2 Å². The first-order chi connectivity index (χ1) is 6.15. The van der Waals surface area contributed by atoms with E-state index >= 15 is 0 Å². The molecular formula is C10H11BrOS. The molecule has 0 aromatic carbocycles. The first-order valence-corrected chi connectivity index (χ1v) is 6.03. The van der Waals surface area contributed by atoms with Crippen molar-refractivity contribution in [3.63, 3.8) is 0 Å². The molecule has 1 aliphatic rings. The molecule has 70 valence electrons. The van der Waals surface area contributed by atoms with Crippen LogP contribution in [0.15, 0.2) is 15.9 Å². The molecule has 1 saturated carbocycles. The summed E-state index contributed by atoms with van der Waals surface area (Å²) in [6.45, 7) is 1.72. The molecule has 1 aliphatic carbocycles. The maximum absolute atomic E-state index is 11.5. The van der Waals surface area contributed by atoms with Crippen LogP contribution in [0, 0.1) is 0 Å². The lowest BCUT2D eigenvalue weighted by Crippen LogP contribution is -2.40. The molecule has 3 heteroatoms. The largest absolute Gasteiger partial charge is 0.299 e. The summed E-state index contributed by atoms with van der Waals surface area (Å²) in [6, 6.07) is 4.11. The van der Waals surface area contributed by atoms with Gasteiger partial charge >= 0.3 is 0 Å². The van der Waals surface area contributed by atoms with Crippen LogP contribution in [-0.4, -0.2) is 5.78 Å². The lowest BCUT2D eigenvalue weighted by Gasteiger charge is -2.38. The van der Waals surface area contributed by atoms with E-state index in [4.69, 9.17) is 0 Å². The van der Waals surface area contributed by atoms with E-state index in [0.29, 0.717) is 5.78 Å². The molecule has 0 bridgehead atoms. The normalized spacial score (nSPS) is 19.5. The van der Waals surface area contributed by atoms with Gasteiger partial charge in [-0.05, 0) is 47.8 Å². The fourth-order valence-electron chi connectivity index (χ4n) is 1.87. The Bertz CT molecular complexity index is 338. The molecule has 0 unspecified atom stereocenters. The number of carbonyl (C=O) groups excluding carboxylic acids is 1. The van der Waals surface area contributed by atoms with Crippen LogP contribution in [0.3, 0.4) is 0 Å². The zero-order valence-corrected chi connectivity index (χ0v) is 9.87. The molecule has 1 heterocycles. The van der Waals surface area contributed by atoms with E-state index in [-0.39, 0.29) is 5.41 Å². The predicted molar refractivity (Wildman–Crippen MR) is 58.2 cm³/mol. The summed E-state index contributed by atoms with van der Waals surface area (Å²) in [5.74, 6) is 0.327. The number of hydrogen-bond acceptors (Lipinski definition) is 2. The maximum Gasteiger partial charge on any atom is 0.141 e. The van der Waals surface area contributed by atoms with Crippen molar-refractivity contribution in [2.24, 2.45) is 0 Å². The lowest BCUT2D eigenvalue weighted by molar-refractivity contribution is -0.125. The van der Waals surface area contributed by atoms with E-state index in [1.54, 1.807) is 18.3 Å². The first-order valence-electron chi connectivity index (χ1n) is 4.42. The Kier molecular flexibility index (Phi) is 2.32. The predicted octanol–water partition coefficient (Wildman–Crippen LogP) is 3.52. The van der Waals surface area contributed by atoms with Crippen LogP contribution < -0.4 is 0 Å². The van der Waals surface area contributed by atoms with Crippen LogP contribution >= 0.6 is 27.3 Å². The second kappa shape index (κ2) is 3.21. The minimum atomic E-state index is -0.114. The maximum atomic E-state index is 11.5. The van der Waals surface area contributed by atoms with Crippen molar-refractivity contribution in [2.75, 3.05) is 0 Å². The van der Waals surface area contributed by atoms with Gasteiger partial charge in [0.1, 0.15) is 5.78 Å². The Balaban J connectivity index is 2.37. The van der Waals surface area contributed by atoms with Crippen molar-refractivity contribution in [1.82, 2.24) is 0 Å². The Hall–Kier alpha value is -0.150. The highest BCUT2D eigenvalue weighted by atomic mass is 79.9. The van der Waals surface area contributed by atoms with Gasteiger partial charge in [-0.2, -0.15) is 0 Å². The molecule has 1 aromatic heterocycles. The summed E-state index contributed by atoms with van der Waals surface area (Å²) in [5, 5.41) is 0. The van der Waals surface area contributed by atoms with Gasteiger partial charge in [0, 0.05) is 4.88 Å². The van der Waals surface area contributed by atoms with Gasteiger partial charge in [-0.15, -0.1) is 11.3 Å². The van der Waals surface area contributed by atoms with E-state index in [1.165, 1.54) is 11.3 Å². The summed E-state index contributed by atoms with van der Waals surface area (Å²) < 4.78 is 1.12. The van der Waals surface area contributed by atoms with Crippen molar-refractivity contribution in [3.8, 4) is 0 Å². The van der Waals surface area contributed by atoms with E-state index in [0.717, 1.165) is 16.6 Å². The second-order valence-corrected chi connectivity index (χ2v) is 6.06.